The molecule has 2 heterocycles. The number of hydrogen-bond donors (Lipinski definition) is 0. The van der Waals surface area contributed by atoms with E-state index in [2.05, 4.69) is 4.65 Å². The van der Waals surface area contributed by atoms with Crippen LogP contribution in [-0.4, -0.2) is 22.4 Å². The van der Waals surface area contributed by atoms with Gasteiger partial charge in [-0.2, -0.15) is 0 Å². The van der Waals surface area contributed by atoms with E-state index in [0.717, 1.165) is 39.0 Å². The van der Waals surface area contributed by atoms with E-state index in [0.29, 0.717) is 0 Å². The Labute approximate surface area is 184 Å². The molecule has 160 valence electrons. The molecule has 0 bridgehead atoms. The molecule has 0 saturated heterocycles. The Morgan fingerprint density at radius 2 is 1.34 bits per heavy atom. The number of hydrogen-bond acceptors (Lipinski definition) is 2. The van der Waals surface area contributed by atoms with Crippen molar-refractivity contribution in [1.82, 2.24) is 9.13 Å². The van der Waals surface area contributed by atoms with Gasteiger partial charge in [-0.05, 0) is 36.4 Å². The van der Waals surface area contributed by atoms with E-state index in [9.17, 15) is 13.4 Å². The summed E-state index contributed by atoms with van der Waals surface area (Å²) in [6.45, 7) is 0. The van der Waals surface area contributed by atoms with Crippen LogP contribution >= 0.6 is 0 Å². The third kappa shape index (κ3) is 4.57. The van der Waals surface area contributed by atoms with Gasteiger partial charge in [0, 0.05) is 65.5 Å². The van der Waals surface area contributed by atoms with Crippen LogP contribution in [0.1, 0.15) is 11.1 Å². The lowest BCUT2D eigenvalue weighted by atomic mass is 10.1. The highest BCUT2D eigenvalue weighted by Crippen LogP contribution is 2.23. The number of halogens is 2. The molecule has 0 aliphatic heterocycles. The molecule has 0 radical (unpaired) electrons. The molecule has 0 N–H and O–H groups in total. The average Bonchev–Trinajstić information content (AvgIpc) is 3.27. The van der Waals surface area contributed by atoms with Crippen LogP contribution in [0.25, 0.3) is 34.0 Å². The molecule has 0 aliphatic rings. The van der Waals surface area contributed by atoms with Gasteiger partial charge in [0.2, 0.25) is 0 Å². The van der Waals surface area contributed by atoms with Gasteiger partial charge < -0.3 is 13.8 Å². The fourth-order valence-corrected chi connectivity index (χ4v) is 3.77. The molecule has 7 heteroatoms. The summed E-state index contributed by atoms with van der Waals surface area (Å²) in [7, 11) is 0.801. The van der Waals surface area contributed by atoms with Crippen molar-refractivity contribution in [3.63, 3.8) is 0 Å². The van der Waals surface area contributed by atoms with Gasteiger partial charge in [0.1, 0.15) is 5.76 Å². The number of ketones is 1. The topological polar surface area (TPSA) is 36.2 Å². The van der Waals surface area contributed by atoms with Crippen LogP contribution in [0.4, 0.5) is 8.63 Å². The summed E-state index contributed by atoms with van der Waals surface area (Å²) in [6.07, 6.45) is 10.9. The van der Waals surface area contributed by atoms with Crippen LogP contribution < -0.4 is 0 Å². The predicted octanol–water partition coefficient (Wildman–Crippen LogP) is 5.79. The quantitative estimate of drug-likeness (QED) is 0.161. The van der Waals surface area contributed by atoms with Crippen LogP contribution in [0.5, 0.6) is 0 Å². The molecular formula is C25H21BF2N2O2. The molecule has 2 aromatic carbocycles. The SMILES string of the molecule is Cn1cc(/C=C/C(=O)/C=C(/C=C/c2cn(C)c3ccccc23)OB(F)F)c2ccccc21. The van der Waals surface area contributed by atoms with Crippen molar-refractivity contribution in [2.45, 2.75) is 0 Å². The summed E-state index contributed by atoms with van der Waals surface area (Å²) in [6, 6.07) is 15.6. The van der Waals surface area contributed by atoms with Gasteiger partial charge in [0.15, 0.2) is 5.78 Å². The van der Waals surface area contributed by atoms with E-state index in [1.165, 1.54) is 12.2 Å². The standard InChI is InChI=1S/C25H21BF2N2O2/c1-29-16-18(22-7-3-5-9-24(22)29)11-13-20(31)15-21(32-26(27)28)14-12-19-17-30(2)25-10-6-4-8-23(19)25/h3-17H,1-2H3/b13-11+,14-12+,21-15-. The minimum atomic E-state index is -3.03. The lowest BCUT2D eigenvalue weighted by molar-refractivity contribution is -0.110. The van der Waals surface area contributed by atoms with E-state index in [1.807, 2.05) is 84.2 Å². The first-order chi connectivity index (χ1) is 15.4. The first-order valence-corrected chi connectivity index (χ1v) is 10.1. The summed E-state index contributed by atoms with van der Waals surface area (Å²) >= 11 is 0. The Bertz CT molecular complexity index is 1380. The molecule has 0 aliphatic carbocycles. The highest BCUT2D eigenvalue weighted by atomic mass is 19.2. The van der Waals surface area contributed by atoms with Gasteiger partial charge in [0.25, 0.3) is 0 Å². The largest absolute Gasteiger partial charge is 0.796 e. The monoisotopic (exact) mass is 430 g/mol. The fourth-order valence-electron chi connectivity index (χ4n) is 3.77. The molecule has 0 saturated carbocycles. The zero-order valence-corrected chi connectivity index (χ0v) is 17.7. The van der Waals surface area contributed by atoms with E-state index in [1.54, 1.807) is 12.2 Å². The fraction of sp³-hybridized carbons (Fsp3) is 0.0800. The average molecular weight is 430 g/mol. The van der Waals surface area contributed by atoms with Crippen molar-refractivity contribution in [3.05, 3.63) is 96.0 Å². The molecule has 0 spiro atoms. The highest BCUT2D eigenvalue weighted by Gasteiger charge is 2.18. The van der Waals surface area contributed by atoms with Crippen LogP contribution in [-0.2, 0) is 23.5 Å². The molecule has 4 nitrogen and oxygen atoms in total. The minimum absolute atomic E-state index is 0.208. The Morgan fingerprint density at radius 1 is 0.844 bits per heavy atom. The summed E-state index contributed by atoms with van der Waals surface area (Å²) in [5.74, 6) is -0.656. The van der Waals surface area contributed by atoms with E-state index in [-0.39, 0.29) is 5.76 Å². The lowest BCUT2D eigenvalue weighted by Gasteiger charge is -2.02. The third-order valence-corrected chi connectivity index (χ3v) is 5.22. The number of carbonyl (C=O) groups excluding carboxylic acids is 1. The van der Waals surface area contributed by atoms with Gasteiger partial charge in [-0.3, -0.25) is 4.79 Å². The summed E-state index contributed by atoms with van der Waals surface area (Å²) in [5.41, 5.74) is 3.76. The molecule has 0 amide bonds. The van der Waals surface area contributed by atoms with E-state index in [4.69, 9.17) is 0 Å². The second kappa shape index (κ2) is 9.10. The molecule has 0 unspecified atom stereocenters. The van der Waals surface area contributed by atoms with Crippen molar-refractivity contribution in [2.75, 3.05) is 0 Å². The van der Waals surface area contributed by atoms with Crippen molar-refractivity contribution in [1.29, 1.82) is 0 Å². The Hall–Kier alpha value is -3.87. The summed E-state index contributed by atoms with van der Waals surface area (Å²) in [4.78, 5) is 12.4. The van der Waals surface area contributed by atoms with Crippen LogP contribution in [0.2, 0.25) is 0 Å². The van der Waals surface area contributed by atoms with Gasteiger partial charge >= 0.3 is 7.47 Å². The van der Waals surface area contributed by atoms with Gasteiger partial charge in [-0.1, -0.05) is 36.4 Å². The molecule has 4 aromatic rings. The van der Waals surface area contributed by atoms with E-state index < -0.39 is 13.3 Å². The maximum atomic E-state index is 12.9. The van der Waals surface area contributed by atoms with Crippen LogP contribution in [0, 0.1) is 0 Å². The minimum Gasteiger partial charge on any atom is -0.505 e. The second-order valence-electron chi connectivity index (χ2n) is 7.42. The van der Waals surface area contributed by atoms with Gasteiger partial charge in [0.05, 0.1) is 0 Å². The zero-order chi connectivity index (χ0) is 22.7. The first kappa shape index (κ1) is 21.4. The molecule has 4 rings (SSSR count). The summed E-state index contributed by atoms with van der Waals surface area (Å²) < 4.78 is 34.3. The zero-order valence-electron chi connectivity index (χ0n) is 17.7. The van der Waals surface area contributed by atoms with Gasteiger partial charge in [-0.25, -0.2) is 8.63 Å². The number of aryl methyl sites for hydroxylation is 2. The maximum Gasteiger partial charge on any atom is 0.796 e. The summed E-state index contributed by atoms with van der Waals surface area (Å²) in [5, 5.41) is 1.98. The molecule has 0 fully saturated rings. The number of aromatic nitrogens is 2. The Kier molecular flexibility index (Phi) is 6.08. The van der Waals surface area contributed by atoms with Crippen molar-refractivity contribution in [2.24, 2.45) is 14.1 Å². The lowest BCUT2D eigenvalue weighted by Crippen LogP contribution is -2.04. The Balaban J connectivity index is 1.59. The maximum absolute atomic E-state index is 12.9. The molecule has 32 heavy (non-hydrogen) atoms. The Morgan fingerprint density at radius 3 is 1.88 bits per heavy atom. The van der Waals surface area contributed by atoms with Crippen molar-refractivity contribution >= 4 is 47.2 Å². The number of benzene rings is 2. The number of fused-ring (bicyclic) bond motifs is 2. The smallest absolute Gasteiger partial charge is 0.505 e. The molecular weight excluding hydrogens is 409 g/mol. The molecule has 2 aromatic heterocycles. The second-order valence-corrected chi connectivity index (χ2v) is 7.42. The third-order valence-electron chi connectivity index (χ3n) is 5.22. The van der Waals surface area contributed by atoms with Crippen molar-refractivity contribution in [3.8, 4) is 0 Å². The first-order valence-electron chi connectivity index (χ1n) is 10.1. The number of rotatable bonds is 7. The van der Waals surface area contributed by atoms with Gasteiger partial charge in [-0.15, -0.1) is 0 Å². The van der Waals surface area contributed by atoms with Crippen molar-refractivity contribution < 1.29 is 18.1 Å². The number of nitrogens with zero attached hydrogens (tertiary/aromatic N) is 2. The number of para-hydroxylation sites is 2. The number of carbonyl (C=O) groups is 1. The highest BCUT2D eigenvalue weighted by molar-refractivity contribution is 6.35. The molecule has 0 atom stereocenters. The predicted molar refractivity (Wildman–Crippen MR) is 126 cm³/mol. The normalized spacial score (nSPS) is 12.4. The van der Waals surface area contributed by atoms with E-state index >= 15 is 0 Å². The number of allylic oxidation sites excluding steroid dienone is 3. The van der Waals surface area contributed by atoms with Crippen LogP contribution in [0.15, 0.2) is 84.9 Å². The van der Waals surface area contributed by atoms with Crippen LogP contribution in [0.3, 0.4) is 0 Å².